The molecule has 1 aliphatic carbocycles. The van der Waals surface area contributed by atoms with Crippen LogP contribution >= 0.6 is 0 Å². The summed E-state index contributed by atoms with van der Waals surface area (Å²) in [6, 6.07) is 0. The van der Waals surface area contributed by atoms with Gasteiger partial charge in [-0.3, -0.25) is 0 Å². The van der Waals surface area contributed by atoms with E-state index in [1.54, 1.807) is 0 Å². The zero-order chi connectivity index (χ0) is 7.02. The van der Waals surface area contributed by atoms with Gasteiger partial charge in [0, 0.05) is 0 Å². The Kier molecular flexibility index (Phi) is 1.78. The van der Waals surface area contributed by atoms with Crippen molar-refractivity contribution >= 4 is 0 Å². The molecule has 2 nitrogen and oxygen atoms in total. The van der Waals surface area contributed by atoms with Gasteiger partial charge in [0.05, 0.1) is 12.2 Å². The van der Waals surface area contributed by atoms with Crippen molar-refractivity contribution in [3.8, 4) is 0 Å². The van der Waals surface area contributed by atoms with Crippen LogP contribution in [0, 0.1) is 11.8 Å². The fourth-order valence-electron chi connectivity index (χ4n) is 1.38. The highest BCUT2D eigenvalue weighted by Gasteiger charge is 2.35. The van der Waals surface area contributed by atoms with E-state index in [0.29, 0.717) is 6.42 Å². The predicted molar refractivity (Wildman–Crippen MR) is 35.0 cm³/mol. The van der Waals surface area contributed by atoms with Crippen molar-refractivity contribution in [3.63, 3.8) is 0 Å². The summed E-state index contributed by atoms with van der Waals surface area (Å²) in [5, 5.41) is 18.4. The molecule has 1 aliphatic rings. The smallest absolute Gasteiger partial charge is 0.0594 e. The molecule has 1 rings (SSSR count). The third-order valence-corrected chi connectivity index (χ3v) is 2.53. The summed E-state index contributed by atoms with van der Waals surface area (Å²) in [7, 11) is 0. The number of rotatable bonds is 0. The third kappa shape index (κ3) is 1.10. The van der Waals surface area contributed by atoms with Gasteiger partial charge in [0.15, 0.2) is 0 Å². The molecule has 2 heteroatoms. The first-order chi connectivity index (χ1) is 4.13. The van der Waals surface area contributed by atoms with Crippen molar-refractivity contribution in [1.82, 2.24) is 0 Å². The van der Waals surface area contributed by atoms with Crippen LogP contribution in [-0.2, 0) is 0 Å². The molecule has 0 aromatic heterocycles. The summed E-state index contributed by atoms with van der Waals surface area (Å²) in [6.45, 7) is 3.96. The first-order valence-corrected chi connectivity index (χ1v) is 3.49. The van der Waals surface area contributed by atoms with Crippen LogP contribution in [0.15, 0.2) is 0 Å². The minimum Gasteiger partial charge on any atom is -0.393 e. The fourth-order valence-corrected chi connectivity index (χ4v) is 1.38. The van der Waals surface area contributed by atoms with Crippen molar-refractivity contribution in [3.05, 3.63) is 0 Å². The van der Waals surface area contributed by atoms with Crippen LogP contribution in [0.4, 0.5) is 0 Å². The van der Waals surface area contributed by atoms with E-state index in [2.05, 4.69) is 0 Å². The molecule has 1 fully saturated rings. The van der Waals surface area contributed by atoms with E-state index in [4.69, 9.17) is 0 Å². The van der Waals surface area contributed by atoms with Gasteiger partial charge in [-0.15, -0.1) is 0 Å². The fraction of sp³-hybridized carbons (Fsp3) is 1.00. The lowest BCUT2D eigenvalue weighted by molar-refractivity contribution is 0.123. The molecular formula is C7H14O2. The van der Waals surface area contributed by atoms with E-state index >= 15 is 0 Å². The summed E-state index contributed by atoms with van der Waals surface area (Å²) < 4.78 is 0. The topological polar surface area (TPSA) is 40.5 Å². The Hall–Kier alpha value is -0.0800. The summed E-state index contributed by atoms with van der Waals surface area (Å²) in [5.74, 6) is 0.528. The molecule has 9 heavy (non-hydrogen) atoms. The highest BCUT2D eigenvalue weighted by atomic mass is 16.3. The van der Waals surface area contributed by atoms with Gasteiger partial charge >= 0.3 is 0 Å². The average Bonchev–Trinajstić information content (AvgIpc) is 1.98. The zero-order valence-electron chi connectivity index (χ0n) is 5.91. The molecule has 2 N–H and O–H groups in total. The Morgan fingerprint density at radius 3 is 1.44 bits per heavy atom. The molecule has 0 amide bonds. The van der Waals surface area contributed by atoms with Crippen LogP contribution in [0.2, 0.25) is 0 Å². The maximum Gasteiger partial charge on any atom is 0.0594 e. The lowest BCUT2D eigenvalue weighted by Gasteiger charge is -2.12. The molecule has 0 unspecified atom stereocenters. The quantitative estimate of drug-likeness (QED) is 0.498. The second-order valence-corrected chi connectivity index (χ2v) is 3.09. The molecular weight excluding hydrogens is 116 g/mol. The van der Waals surface area contributed by atoms with E-state index in [-0.39, 0.29) is 24.0 Å². The lowest BCUT2D eigenvalue weighted by atomic mass is 9.98. The number of hydrogen-bond donors (Lipinski definition) is 2. The first kappa shape index (κ1) is 7.03. The maximum atomic E-state index is 9.18. The third-order valence-electron chi connectivity index (χ3n) is 2.53. The highest BCUT2D eigenvalue weighted by molar-refractivity contribution is 4.85. The van der Waals surface area contributed by atoms with Crippen molar-refractivity contribution in [2.24, 2.45) is 11.8 Å². The minimum absolute atomic E-state index is 0.264. The highest BCUT2D eigenvalue weighted by Crippen LogP contribution is 2.31. The SMILES string of the molecule is C[C@@H]1[C@@H](C)[C@@H](O)C[C@H]1O. The number of hydrogen-bond acceptors (Lipinski definition) is 2. The molecule has 0 bridgehead atoms. The van der Waals surface area contributed by atoms with Gasteiger partial charge in [-0.2, -0.15) is 0 Å². The second-order valence-electron chi connectivity index (χ2n) is 3.09. The Bertz CT molecular complexity index is 91.1. The monoisotopic (exact) mass is 130 g/mol. The molecule has 4 atom stereocenters. The molecule has 0 aromatic carbocycles. The molecule has 54 valence electrons. The van der Waals surface area contributed by atoms with Gasteiger partial charge in [-0.1, -0.05) is 13.8 Å². The van der Waals surface area contributed by atoms with Gasteiger partial charge in [0.2, 0.25) is 0 Å². The van der Waals surface area contributed by atoms with E-state index in [1.807, 2.05) is 13.8 Å². The van der Waals surface area contributed by atoms with Crippen molar-refractivity contribution < 1.29 is 10.2 Å². The Balaban J connectivity index is 2.54. The van der Waals surface area contributed by atoms with Gasteiger partial charge in [0.1, 0.15) is 0 Å². The molecule has 0 heterocycles. The van der Waals surface area contributed by atoms with Gasteiger partial charge in [-0.25, -0.2) is 0 Å². The first-order valence-electron chi connectivity index (χ1n) is 3.49. The summed E-state index contributed by atoms with van der Waals surface area (Å²) in [4.78, 5) is 0. The van der Waals surface area contributed by atoms with Crippen LogP contribution in [0.25, 0.3) is 0 Å². The van der Waals surface area contributed by atoms with E-state index in [1.165, 1.54) is 0 Å². The summed E-state index contributed by atoms with van der Waals surface area (Å²) in [5.41, 5.74) is 0. The Morgan fingerprint density at radius 1 is 1.00 bits per heavy atom. The minimum atomic E-state index is -0.282. The number of aliphatic hydroxyl groups excluding tert-OH is 2. The van der Waals surface area contributed by atoms with Crippen molar-refractivity contribution in [2.45, 2.75) is 32.5 Å². The van der Waals surface area contributed by atoms with E-state index in [0.717, 1.165) is 0 Å². The largest absolute Gasteiger partial charge is 0.393 e. The predicted octanol–water partition coefficient (Wildman–Crippen LogP) is 0.384. The van der Waals surface area contributed by atoms with E-state index in [9.17, 15) is 10.2 Å². The Labute approximate surface area is 55.5 Å². The zero-order valence-corrected chi connectivity index (χ0v) is 5.91. The van der Waals surface area contributed by atoms with E-state index < -0.39 is 0 Å². The molecule has 0 saturated heterocycles. The number of aliphatic hydroxyl groups is 2. The average molecular weight is 130 g/mol. The van der Waals surface area contributed by atoms with Crippen LogP contribution in [-0.4, -0.2) is 22.4 Å². The van der Waals surface area contributed by atoms with Crippen LogP contribution in [0.5, 0.6) is 0 Å². The Morgan fingerprint density at radius 2 is 1.33 bits per heavy atom. The van der Waals surface area contributed by atoms with Crippen LogP contribution in [0.3, 0.4) is 0 Å². The van der Waals surface area contributed by atoms with Crippen LogP contribution < -0.4 is 0 Å². The molecule has 0 aromatic rings. The van der Waals surface area contributed by atoms with Gasteiger partial charge in [-0.05, 0) is 18.3 Å². The summed E-state index contributed by atoms with van der Waals surface area (Å²) in [6.07, 6.45) is -0.00694. The maximum absolute atomic E-state index is 9.18. The van der Waals surface area contributed by atoms with Gasteiger partial charge in [0.25, 0.3) is 0 Å². The van der Waals surface area contributed by atoms with Crippen molar-refractivity contribution in [1.29, 1.82) is 0 Å². The summed E-state index contributed by atoms with van der Waals surface area (Å²) >= 11 is 0. The normalized spacial score (nSPS) is 52.0. The molecule has 1 saturated carbocycles. The van der Waals surface area contributed by atoms with Crippen molar-refractivity contribution in [2.75, 3.05) is 0 Å². The van der Waals surface area contributed by atoms with Gasteiger partial charge < -0.3 is 10.2 Å². The molecule has 0 radical (unpaired) electrons. The van der Waals surface area contributed by atoms with Crippen LogP contribution in [0.1, 0.15) is 20.3 Å². The standard InChI is InChI=1S/C7H14O2/c1-4-5(2)7(9)3-6(4)8/h4-9H,3H2,1-2H3/t4-,5-,6-,7+/m1/s1. The molecule has 0 spiro atoms. The lowest BCUT2D eigenvalue weighted by Crippen LogP contribution is -2.15. The molecule has 0 aliphatic heterocycles. The second kappa shape index (κ2) is 2.27.